The summed E-state index contributed by atoms with van der Waals surface area (Å²) < 4.78 is 62.5. The highest BCUT2D eigenvalue weighted by atomic mass is 32.2. The van der Waals surface area contributed by atoms with Gasteiger partial charge in [-0.1, -0.05) is 6.92 Å². The van der Waals surface area contributed by atoms with Crippen LogP contribution in [0.4, 0.5) is 8.78 Å². The largest absolute Gasteiger partial charge is 0.493 e. The number of fused-ring (bicyclic) bond motifs is 5. The van der Waals surface area contributed by atoms with Crippen LogP contribution < -0.4 is 14.1 Å². The molecule has 3 unspecified atom stereocenters. The second-order valence-electron chi connectivity index (χ2n) is 8.75. The van der Waals surface area contributed by atoms with Crippen molar-refractivity contribution in [2.75, 3.05) is 7.11 Å². The van der Waals surface area contributed by atoms with Crippen LogP contribution in [0.1, 0.15) is 62.5 Å². The second kappa shape index (κ2) is 6.55. The van der Waals surface area contributed by atoms with Crippen molar-refractivity contribution < 1.29 is 26.1 Å². The third-order valence-electron chi connectivity index (χ3n) is 7.45. The van der Waals surface area contributed by atoms with Crippen LogP contribution in [0.5, 0.6) is 11.5 Å². The highest BCUT2D eigenvalue weighted by Gasteiger charge is 2.61. The molecule has 0 radical (unpaired) electrons. The van der Waals surface area contributed by atoms with Crippen molar-refractivity contribution in [2.24, 2.45) is 22.4 Å². The molecule has 0 aromatic heterocycles. The first-order valence-electron chi connectivity index (χ1n) is 9.86. The van der Waals surface area contributed by atoms with E-state index in [-0.39, 0.29) is 29.9 Å². The lowest BCUT2D eigenvalue weighted by Crippen LogP contribution is -2.54. The van der Waals surface area contributed by atoms with Gasteiger partial charge in [0.15, 0.2) is 11.5 Å². The lowest BCUT2D eigenvalue weighted by Gasteiger charge is -2.57. The molecule has 0 aliphatic heterocycles. The van der Waals surface area contributed by atoms with Crippen molar-refractivity contribution >= 4 is 10.3 Å². The van der Waals surface area contributed by atoms with Crippen molar-refractivity contribution in [1.29, 1.82) is 0 Å². The van der Waals surface area contributed by atoms with Gasteiger partial charge in [0, 0.05) is 11.8 Å². The zero-order chi connectivity index (χ0) is 20.3. The number of rotatable bonds is 3. The standard InChI is InChI=1S/C20H27F2NO4S/c1-19-9-7-13-14(16(19)4-3-8-20(19,21)22)6-5-12-10-18(27-28(23,24)25)17(26-2)11-15(12)13/h10-11,13-14,16H,3-9H2,1-2H3,(H2,23,24,25)/t13?,14?,16?,19-/m0/s1. The third kappa shape index (κ3) is 3.09. The monoisotopic (exact) mass is 415 g/mol. The number of alkyl halides is 2. The van der Waals surface area contributed by atoms with Crippen LogP contribution >= 0.6 is 0 Å². The number of nitrogens with two attached hydrogens (primary N) is 1. The minimum Gasteiger partial charge on any atom is -0.493 e. The van der Waals surface area contributed by atoms with Crippen LogP contribution in [0.2, 0.25) is 0 Å². The summed E-state index contributed by atoms with van der Waals surface area (Å²) in [5, 5.41) is 5.01. The van der Waals surface area contributed by atoms with Gasteiger partial charge in [-0.05, 0) is 79.5 Å². The summed E-state index contributed by atoms with van der Waals surface area (Å²) in [7, 11) is -2.72. The molecule has 0 bridgehead atoms. The maximum absolute atomic E-state index is 14.8. The third-order valence-corrected chi connectivity index (χ3v) is 7.86. The molecule has 28 heavy (non-hydrogen) atoms. The molecule has 4 atom stereocenters. The van der Waals surface area contributed by atoms with Crippen LogP contribution in [0.3, 0.4) is 0 Å². The van der Waals surface area contributed by atoms with E-state index >= 15 is 0 Å². The molecule has 156 valence electrons. The molecule has 0 heterocycles. The number of hydrogen-bond acceptors (Lipinski definition) is 4. The van der Waals surface area contributed by atoms with Gasteiger partial charge in [-0.3, -0.25) is 0 Å². The number of methoxy groups -OCH3 is 1. The van der Waals surface area contributed by atoms with E-state index in [0.29, 0.717) is 31.4 Å². The Labute approximate surface area is 164 Å². The molecule has 3 aliphatic carbocycles. The number of benzene rings is 1. The van der Waals surface area contributed by atoms with Gasteiger partial charge in [-0.15, -0.1) is 0 Å². The van der Waals surface area contributed by atoms with Gasteiger partial charge in [0.1, 0.15) is 0 Å². The minimum absolute atomic E-state index is 0.00391. The molecule has 0 saturated heterocycles. The summed E-state index contributed by atoms with van der Waals surface area (Å²) in [6, 6.07) is 3.49. The molecule has 2 saturated carbocycles. The maximum atomic E-state index is 14.8. The van der Waals surface area contributed by atoms with Crippen LogP contribution in [0, 0.1) is 17.3 Å². The van der Waals surface area contributed by atoms with E-state index < -0.39 is 21.6 Å². The molecule has 4 rings (SSSR count). The normalized spacial score (nSPS) is 34.0. The van der Waals surface area contributed by atoms with Gasteiger partial charge < -0.3 is 8.92 Å². The van der Waals surface area contributed by atoms with E-state index in [1.54, 1.807) is 13.0 Å². The Morgan fingerprint density at radius 1 is 1.14 bits per heavy atom. The lowest BCUT2D eigenvalue weighted by molar-refractivity contribution is -0.199. The smallest absolute Gasteiger partial charge is 0.380 e. The summed E-state index contributed by atoms with van der Waals surface area (Å²) in [6.45, 7) is 1.78. The quantitative estimate of drug-likeness (QED) is 0.804. The number of aryl methyl sites for hydroxylation is 1. The second-order valence-corrected chi connectivity index (χ2v) is 9.90. The van der Waals surface area contributed by atoms with Gasteiger partial charge in [-0.2, -0.15) is 13.6 Å². The van der Waals surface area contributed by atoms with Crippen molar-refractivity contribution in [2.45, 2.75) is 63.7 Å². The Balaban J connectivity index is 1.71. The average molecular weight is 416 g/mol. The molecule has 1 aromatic rings. The fourth-order valence-electron chi connectivity index (χ4n) is 6.06. The minimum atomic E-state index is -4.16. The predicted octanol–water partition coefficient (Wildman–Crippen LogP) is 4.16. The highest BCUT2D eigenvalue weighted by molar-refractivity contribution is 7.84. The van der Waals surface area contributed by atoms with Crippen molar-refractivity contribution in [3.8, 4) is 11.5 Å². The fourth-order valence-corrected chi connectivity index (χ4v) is 6.44. The predicted molar refractivity (Wildman–Crippen MR) is 101 cm³/mol. The topological polar surface area (TPSA) is 78.6 Å². The fraction of sp³-hybridized carbons (Fsp3) is 0.700. The van der Waals surface area contributed by atoms with Gasteiger partial charge in [-0.25, -0.2) is 8.78 Å². The van der Waals surface area contributed by atoms with Crippen molar-refractivity contribution in [3.05, 3.63) is 23.3 Å². The highest BCUT2D eigenvalue weighted by Crippen LogP contribution is 2.64. The molecule has 8 heteroatoms. The Morgan fingerprint density at radius 3 is 2.57 bits per heavy atom. The van der Waals surface area contributed by atoms with Gasteiger partial charge in [0.2, 0.25) is 0 Å². The van der Waals surface area contributed by atoms with Crippen molar-refractivity contribution in [3.63, 3.8) is 0 Å². The zero-order valence-corrected chi connectivity index (χ0v) is 17.0. The summed E-state index contributed by atoms with van der Waals surface area (Å²) in [6.07, 6.45) is 4.17. The van der Waals surface area contributed by atoms with Gasteiger partial charge in [0.05, 0.1) is 7.11 Å². The summed E-state index contributed by atoms with van der Waals surface area (Å²) in [4.78, 5) is 0. The van der Waals surface area contributed by atoms with Crippen molar-refractivity contribution in [1.82, 2.24) is 0 Å². The van der Waals surface area contributed by atoms with E-state index in [4.69, 9.17) is 14.1 Å². The van der Waals surface area contributed by atoms with Gasteiger partial charge in [0.25, 0.3) is 5.92 Å². The SMILES string of the molecule is COc1cc2c(cc1OS(N)(=O)=O)CCC1C2CC[C@@]2(C)C1CCCC2(F)F. The number of ether oxygens (including phenoxy) is 1. The molecule has 5 nitrogen and oxygen atoms in total. The van der Waals surface area contributed by atoms with E-state index in [0.717, 1.165) is 24.0 Å². The Bertz CT molecular complexity index is 888. The molecule has 3 aliphatic rings. The molecule has 2 fully saturated rings. The van der Waals surface area contributed by atoms with Crippen LogP contribution in [-0.4, -0.2) is 21.5 Å². The van der Waals surface area contributed by atoms with E-state index in [1.165, 1.54) is 7.11 Å². The number of halogens is 2. The lowest BCUT2D eigenvalue weighted by atomic mass is 9.49. The van der Waals surface area contributed by atoms with Gasteiger partial charge >= 0.3 is 10.3 Å². The number of hydrogen-bond donors (Lipinski definition) is 1. The molecular formula is C20H27F2NO4S. The molecule has 2 N–H and O–H groups in total. The van der Waals surface area contributed by atoms with Crippen LogP contribution in [0.15, 0.2) is 12.1 Å². The first-order chi connectivity index (χ1) is 13.1. The first-order valence-corrected chi connectivity index (χ1v) is 11.3. The first kappa shape index (κ1) is 19.9. The molecule has 0 amide bonds. The van der Waals surface area contributed by atoms with Crippen LogP contribution in [-0.2, 0) is 16.7 Å². The zero-order valence-electron chi connectivity index (χ0n) is 16.2. The van der Waals surface area contributed by atoms with E-state index in [9.17, 15) is 17.2 Å². The summed E-state index contributed by atoms with van der Waals surface area (Å²) in [5.74, 6) is -1.82. The maximum Gasteiger partial charge on any atom is 0.380 e. The molecule has 0 spiro atoms. The Kier molecular flexibility index (Phi) is 4.65. The Hall–Kier alpha value is -1.41. The van der Waals surface area contributed by atoms with Crippen LogP contribution in [0.25, 0.3) is 0 Å². The summed E-state index contributed by atoms with van der Waals surface area (Å²) in [5.41, 5.74) is 1.14. The average Bonchev–Trinajstić information content (AvgIpc) is 2.60. The Morgan fingerprint density at radius 2 is 1.89 bits per heavy atom. The van der Waals surface area contributed by atoms with E-state index in [1.807, 2.05) is 6.07 Å². The molecular weight excluding hydrogens is 388 g/mol. The summed E-state index contributed by atoms with van der Waals surface area (Å²) >= 11 is 0. The molecule has 1 aromatic carbocycles. The van der Waals surface area contributed by atoms with E-state index in [2.05, 4.69) is 0 Å².